The van der Waals surface area contributed by atoms with Gasteiger partial charge in [0.2, 0.25) is 0 Å². The predicted octanol–water partition coefficient (Wildman–Crippen LogP) is 4.15. The van der Waals surface area contributed by atoms with Gasteiger partial charge >= 0.3 is 0 Å². The van der Waals surface area contributed by atoms with Crippen molar-refractivity contribution < 1.29 is 0 Å². The highest BCUT2D eigenvalue weighted by atomic mass is 79.9. The second-order valence-corrected chi connectivity index (χ2v) is 5.65. The lowest BCUT2D eigenvalue weighted by Gasteiger charge is -2.18. The summed E-state index contributed by atoms with van der Waals surface area (Å²) in [6.07, 6.45) is 1.06. The topological polar surface area (TPSA) is 24.1 Å². The molecule has 2 nitrogen and oxygen atoms in total. The molecule has 0 aliphatic carbocycles. The van der Waals surface area contributed by atoms with Crippen LogP contribution in [0.25, 0.3) is 0 Å². The van der Waals surface area contributed by atoms with E-state index in [4.69, 9.17) is 12.2 Å². The molecule has 0 aliphatic heterocycles. The lowest BCUT2D eigenvalue weighted by Crippen LogP contribution is -2.35. The van der Waals surface area contributed by atoms with Crippen LogP contribution in [-0.2, 0) is 0 Å². The summed E-state index contributed by atoms with van der Waals surface area (Å²) in [4.78, 5) is 0. The molecule has 1 aromatic carbocycles. The Balaban J connectivity index is 2.78. The van der Waals surface area contributed by atoms with Crippen LogP contribution in [0.5, 0.6) is 0 Å². The molecule has 94 valence electrons. The standard InChI is InChI=1S/C13H19BrN2S/c1-5-10(4)15-13(17)16-12-8(2)6-11(14)7-9(12)3/h6-7,10H,5H2,1-4H3,(H2,15,16,17)/t10-/m1/s1. The minimum absolute atomic E-state index is 0.395. The first-order chi connectivity index (χ1) is 7.93. The van der Waals surface area contributed by atoms with Crippen LogP contribution in [0.3, 0.4) is 0 Å². The van der Waals surface area contributed by atoms with Crippen LogP contribution in [0.15, 0.2) is 16.6 Å². The molecule has 1 atom stereocenters. The van der Waals surface area contributed by atoms with Crippen molar-refractivity contribution in [3.8, 4) is 0 Å². The quantitative estimate of drug-likeness (QED) is 0.819. The van der Waals surface area contributed by atoms with Crippen molar-refractivity contribution in [2.45, 2.75) is 40.2 Å². The third-order valence-corrected chi connectivity index (χ3v) is 3.40. The molecule has 1 rings (SSSR count). The summed E-state index contributed by atoms with van der Waals surface area (Å²) in [6, 6.07) is 4.56. The molecular weight excluding hydrogens is 296 g/mol. The minimum Gasteiger partial charge on any atom is -0.360 e. The number of thiocarbonyl (C=S) groups is 1. The van der Waals surface area contributed by atoms with E-state index in [1.165, 1.54) is 11.1 Å². The third kappa shape index (κ3) is 4.28. The van der Waals surface area contributed by atoms with Crippen molar-refractivity contribution in [1.82, 2.24) is 5.32 Å². The molecule has 0 unspecified atom stereocenters. The molecule has 0 aromatic heterocycles. The Kier molecular flexibility index (Phi) is 5.40. The van der Waals surface area contributed by atoms with E-state index in [0.717, 1.165) is 16.6 Å². The summed E-state index contributed by atoms with van der Waals surface area (Å²) < 4.78 is 1.10. The largest absolute Gasteiger partial charge is 0.360 e. The average molecular weight is 315 g/mol. The number of anilines is 1. The highest BCUT2D eigenvalue weighted by Gasteiger charge is 2.07. The van der Waals surface area contributed by atoms with Crippen molar-refractivity contribution in [2.24, 2.45) is 0 Å². The molecule has 4 heteroatoms. The number of nitrogens with one attached hydrogen (secondary N) is 2. The average Bonchev–Trinajstić information content (AvgIpc) is 2.23. The Morgan fingerprint density at radius 3 is 2.35 bits per heavy atom. The number of aryl methyl sites for hydroxylation is 2. The van der Waals surface area contributed by atoms with Crippen LogP contribution in [0, 0.1) is 13.8 Å². The second kappa shape index (κ2) is 6.36. The summed E-state index contributed by atoms with van der Waals surface area (Å²) in [6.45, 7) is 8.41. The van der Waals surface area contributed by atoms with E-state index in [9.17, 15) is 0 Å². The maximum Gasteiger partial charge on any atom is 0.170 e. The fraction of sp³-hybridized carbons (Fsp3) is 0.462. The third-order valence-electron chi connectivity index (χ3n) is 2.73. The van der Waals surface area contributed by atoms with Gasteiger partial charge in [-0.1, -0.05) is 22.9 Å². The monoisotopic (exact) mass is 314 g/mol. The molecule has 0 saturated carbocycles. The van der Waals surface area contributed by atoms with Crippen molar-refractivity contribution >= 4 is 38.9 Å². The number of benzene rings is 1. The maximum absolute atomic E-state index is 5.30. The van der Waals surface area contributed by atoms with Gasteiger partial charge < -0.3 is 10.6 Å². The van der Waals surface area contributed by atoms with Crippen LogP contribution in [-0.4, -0.2) is 11.2 Å². The van der Waals surface area contributed by atoms with Gasteiger partial charge in [0, 0.05) is 16.2 Å². The van der Waals surface area contributed by atoms with Crippen LogP contribution in [0.1, 0.15) is 31.4 Å². The number of hydrogen-bond donors (Lipinski definition) is 2. The van der Waals surface area contributed by atoms with Gasteiger partial charge in [-0.3, -0.25) is 0 Å². The van der Waals surface area contributed by atoms with E-state index in [2.05, 4.69) is 66.4 Å². The van der Waals surface area contributed by atoms with Crippen LogP contribution in [0.2, 0.25) is 0 Å². The van der Waals surface area contributed by atoms with Gasteiger partial charge in [0.1, 0.15) is 0 Å². The zero-order chi connectivity index (χ0) is 13.0. The van der Waals surface area contributed by atoms with Crippen LogP contribution >= 0.6 is 28.1 Å². The Hall–Kier alpha value is -0.610. The van der Waals surface area contributed by atoms with Gasteiger partial charge in [-0.15, -0.1) is 0 Å². The fourth-order valence-electron chi connectivity index (χ4n) is 1.58. The lowest BCUT2D eigenvalue weighted by molar-refractivity contribution is 0.646. The van der Waals surface area contributed by atoms with E-state index >= 15 is 0 Å². The summed E-state index contributed by atoms with van der Waals surface area (Å²) in [5.74, 6) is 0. The van der Waals surface area contributed by atoms with Crippen LogP contribution < -0.4 is 10.6 Å². The Morgan fingerprint density at radius 2 is 1.88 bits per heavy atom. The molecule has 0 fully saturated rings. The zero-order valence-electron chi connectivity index (χ0n) is 10.7. The van der Waals surface area contributed by atoms with Crippen molar-refractivity contribution in [2.75, 3.05) is 5.32 Å². The van der Waals surface area contributed by atoms with Gasteiger partial charge in [-0.2, -0.15) is 0 Å². The molecule has 0 heterocycles. The summed E-state index contributed by atoms with van der Waals surface area (Å²) in [5.41, 5.74) is 3.46. The summed E-state index contributed by atoms with van der Waals surface area (Å²) in [7, 11) is 0. The molecule has 0 saturated heterocycles. The summed E-state index contributed by atoms with van der Waals surface area (Å²) in [5, 5.41) is 7.21. The van der Waals surface area contributed by atoms with E-state index < -0.39 is 0 Å². The normalized spacial score (nSPS) is 12.1. The molecule has 0 aliphatic rings. The van der Waals surface area contributed by atoms with E-state index in [1.807, 2.05) is 0 Å². The maximum atomic E-state index is 5.30. The van der Waals surface area contributed by atoms with Gasteiger partial charge in [0.25, 0.3) is 0 Å². The second-order valence-electron chi connectivity index (χ2n) is 4.32. The first-order valence-electron chi connectivity index (χ1n) is 5.78. The van der Waals surface area contributed by atoms with Gasteiger partial charge in [-0.25, -0.2) is 0 Å². The molecule has 0 spiro atoms. The molecule has 1 aromatic rings. The Bertz CT molecular complexity index is 395. The summed E-state index contributed by atoms with van der Waals surface area (Å²) >= 11 is 8.79. The predicted molar refractivity (Wildman–Crippen MR) is 82.7 cm³/mol. The van der Waals surface area contributed by atoms with Crippen molar-refractivity contribution in [1.29, 1.82) is 0 Å². The number of hydrogen-bond acceptors (Lipinski definition) is 1. The van der Waals surface area contributed by atoms with Gasteiger partial charge in [-0.05, 0) is 62.7 Å². The lowest BCUT2D eigenvalue weighted by atomic mass is 10.1. The molecule has 17 heavy (non-hydrogen) atoms. The van der Waals surface area contributed by atoms with Crippen LogP contribution in [0.4, 0.5) is 5.69 Å². The first kappa shape index (κ1) is 14.5. The highest BCUT2D eigenvalue weighted by Crippen LogP contribution is 2.24. The SMILES string of the molecule is CC[C@@H](C)NC(=S)Nc1c(C)cc(Br)cc1C. The minimum atomic E-state index is 0.395. The molecular formula is C13H19BrN2S. The van der Waals surface area contributed by atoms with E-state index in [-0.39, 0.29) is 0 Å². The molecule has 0 radical (unpaired) electrons. The Labute approximate surface area is 117 Å². The molecule has 0 bridgehead atoms. The molecule has 2 N–H and O–H groups in total. The smallest absolute Gasteiger partial charge is 0.170 e. The number of rotatable bonds is 3. The Morgan fingerprint density at radius 1 is 1.35 bits per heavy atom. The van der Waals surface area contributed by atoms with E-state index in [1.54, 1.807) is 0 Å². The highest BCUT2D eigenvalue weighted by molar-refractivity contribution is 9.10. The number of halogens is 1. The molecule has 0 amide bonds. The fourth-order valence-corrected chi connectivity index (χ4v) is 2.57. The van der Waals surface area contributed by atoms with Gasteiger partial charge in [0.15, 0.2) is 5.11 Å². The van der Waals surface area contributed by atoms with Crippen molar-refractivity contribution in [3.63, 3.8) is 0 Å². The first-order valence-corrected chi connectivity index (χ1v) is 6.98. The van der Waals surface area contributed by atoms with E-state index in [0.29, 0.717) is 11.2 Å². The zero-order valence-corrected chi connectivity index (χ0v) is 13.1. The van der Waals surface area contributed by atoms with Crippen molar-refractivity contribution in [3.05, 3.63) is 27.7 Å². The van der Waals surface area contributed by atoms with Gasteiger partial charge in [0.05, 0.1) is 0 Å².